The number of benzene rings is 1. The van der Waals surface area contributed by atoms with Gasteiger partial charge in [-0.3, -0.25) is 9.59 Å². The summed E-state index contributed by atoms with van der Waals surface area (Å²) in [5, 5.41) is 13.6. The van der Waals surface area contributed by atoms with Crippen LogP contribution in [-0.4, -0.2) is 34.6 Å². The molecule has 0 radical (unpaired) electrons. The highest BCUT2D eigenvalue weighted by molar-refractivity contribution is 7.11. The third-order valence-electron chi connectivity index (χ3n) is 5.98. The Bertz CT molecular complexity index is 1110. The topological polar surface area (TPSA) is 118 Å². The fourth-order valence-electron chi connectivity index (χ4n) is 4.21. The van der Waals surface area contributed by atoms with E-state index in [0.717, 1.165) is 29.8 Å². The van der Waals surface area contributed by atoms with Gasteiger partial charge in [0.25, 0.3) is 5.91 Å². The Morgan fingerprint density at radius 2 is 2.13 bits per heavy atom. The van der Waals surface area contributed by atoms with Crippen LogP contribution >= 0.6 is 11.3 Å². The lowest BCUT2D eigenvalue weighted by Crippen LogP contribution is -2.46. The summed E-state index contributed by atoms with van der Waals surface area (Å²) in [6, 6.07) is 4.78. The van der Waals surface area contributed by atoms with E-state index in [-0.39, 0.29) is 5.41 Å². The van der Waals surface area contributed by atoms with Crippen LogP contribution in [0.25, 0.3) is 11.0 Å². The van der Waals surface area contributed by atoms with Crippen LogP contribution in [0.4, 0.5) is 0 Å². The number of aliphatic hydroxyl groups excluding tert-OH is 1. The molecule has 0 aliphatic heterocycles. The smallest absolute Gasteiger partial charge is 0.256 e. The number of fused-ring (bicyclic) bond motifs is 1. The number of furan rings is 1. The van der Waals surface area contributed by atoms with Crippen LogP contribution in [0.3, 0.4) is 0 Å². The molecule has 4 N–H and O–H groups in total. The normalized spacial score (nSPS) is 16.2. The molecule has 1 aliphatic rings. The number of primary amides is 1. The lowest BCUT2D eigenvalue weighted by Gasteiger charge is -2.41. The largest absolute Gasteiger partial charge is 0.461 e. The van der Waals surface area contributed by atoms with E-state index in [2.05, 4.69) is 10.3 Å². The van der Waals surface area contributed by atoms with Gasteiger partial charge in [-0.1, -0.05) is 12.5 Å². The van der Waals surface area contributed by atoms with Gasteiger partial charge in [-0.15, -0.1) is 11.3 Å². The van der Waals surface area contributed by atoms with Gasteiger partial charge in [0, 0.05) is 21.9 Å². The summed E-state index contributed by atoms with van der Waals surface area (Å²) >= 11 is 1.76. The van der Waals surface area contributed by atoms with Crippen molar-refractivity contribution >= 4 is 34.1 Å². The summed E-state index contributed by atoms with van der Waals surface area (Å²) in [6.45, 7) is 3.18. The number of rotatable bonds is 7. The summed E-state index contributed by atoms with van der Waals surface area (Å²) in [5.74, 6) is -0.821. The molecule has 4 rings (SSSR count). The Labute approximate surface area is 178 Å². The fraction of sp³-hybridized carbons (Fsp3) is 0.409. The lowest BCUT2D eigenvalue weighted by molar-refractivity contribution is -0.120. The van der Waals surface area contributed by atoms with Crippen LogP contribution in [0.5, 0.6) is 0 Å². The molecule has 2 amide bonds. The third-order valence-corrected chi connectivity index (χ3v) is 7.14. The van der Waals surface area contributed by atoms with Crippen LogP contribution < -0.4 is 11.1 Å². The molecule has 1 aromatic carbocycles. The molecule has 0 unspecified atom stereocenters. The quantitative estimate of drug-likeness (QED) is 0.536. The molecule has 3 aromatic rings. The molecule has 158 valence electrons. The standard InChI is InChI=1S/C22H25N3O4S/c1-12-19(21(28)25-16(11-26)20(23)27)15-8-14(4-5-17(15)29-12)9-22(6-3-7-22)18-10-24-13(2)30-18/h4-5,8,10,16,26H,3,6-7,9,11H2,1-2H3,(H2,23,27)(H,25,28)/t16-/m0/s1. The van der Waals surface area contributed by atoms with E-state index < -0.39 is 24.5 Å². The fourth-order valence-corrected chi connectivity index (χ4v) is 5.23. The van der Waals surface area contributed by atoms with Crippen LogP contribution in [0, 0.1) is 13.8 Å². The second-order valence-electron chi connectivity index (χ2n) is 8.03. The maximum absolute atomic E-state index is 12.8. The molecule has 0 spiro atoms. The van der Waals surface area contributed by atoms with Crippen molar-refractivity contribution in [2.45, 2.75) is 51.0 Å². The Kier molecular flexibility index (Phi) is 5.38. The van der Waals surface area contributed by atoms with Crippen molar-refractivity contribution in [3.05, 3.63) is 51.2 Å². The second-order valence-corrected chi connectivity index (χ2v) is 9.26. The zero-order valence-electron chi connectivity index (χ0n) is 17.0. The third kappa shape index (κ3) is 3.61. The predicted octanol–water partition coefficient (Wildman–Crippen LogP) is 2.75. The Morgan fingerprint density at radius 1 is 1.37 bits per heavy atom. The minimum atomic E-state index is -1.14. The van der Waals surface area contributed by atoms with Crippen LogP contribution in [0.1, 0.15) is 50.8 Å². The summed E-state index contributed by atoms with van der Waals surface area (Å²) in [5.41, 5.74) is 7.43. The van der Waals surface area contributed by atoms with E-state index in [0.29, 0.717) is 22.3 Å². The molecule has 2 aromatic heterocycles. The van der Waals surface area contributed by atoms with Crippen molar-refractivity contribution in [1.82, 2.24) is 10.3 Å². The number of aromatic nitrogens is 1. The predicted molar refractivity (Wildman–Crippen MR) is 115 cm³/mol. The molecule has 1 fully saturated rings. The van der Waals surface area contributed by atoms with Crippen LogP contribution in [-0.2, 0) is 16.6 Å². The van der Waals surface area contributed by atoms with Gasteiger partial charge >= 0.3 is 0 Å². The van der Waals surface area contributed by atoms with Crippen molar-refractivity contribution in [3.8, 4) is 0 Å². The molecule has 0 bridgehead atoms. The lowest BCUT2D eigenvalue weighted by atomic mass is 9.64. The first kappa shape index (κ1) is 20.6. The van der Waals surface area contributed by atoms with Gasteiger partial charge < -0.3 is 20.6 Å². The molecular formula is C22H25N3O4S. The molecule has 1 saturated carbocycles. The number of aliphatic hydroxyl groups is 1. The van der Waals surface area contributed by atoms with E-state index in [1.807, 2.05) is 31.3 Å². The number of hydrogen-bond donors (Lipinski definition) is 3. The number of carbonyl (C=O) groups is 2. The van der Waals surface area contributed by atoms with Gasteiger partial charge in [0.15, 0.2) is 0 Å². The van der Waals surface area contributed by atoms with E-state index in [4.69, 9.17) is 10.2 Å². The summed E-state index contributed by atoms with van der Waals surface area (Å²) in [7, 11) is 0. The number of nitrogens with one attached hydrogen (secondary N) is 1. The number of aryl methyl sites for hydroxylation is 2. The molecule has 1 aliphatic carbocycles. The minimum absolute atomic E-state index is 0.106. The maximum Gasteiger partial charge on any atom is 0.256 e. The highest BCUT2D eigenvalue weighted by Gasteiger charge is 2.40. The molecule has 1 atom stereocenters. The summed E-state index contributed by atoms with van der Waals surface area (Å²) < 4.78 is 5.76. The number of nitrogens with zero attached hydrogens (tertiary/aromatic N) is 1. The monoisotopic (exact) mass is 427 g/mol. The zero-order chi connectivity index (χ0) is 21.5. The number of thiazole rings is 1. The summed E-state index contributed by atoms with van der Waals surface area (Å²) in [6.07, 6.45) is 6.32. The van der Waals surface area contributed by atoms with Gasteiger partial charge in [0.1, 0.15) is 17.4 Å². The van der Waals surface area contributed by atoms with Crippen molar-refractivity contribution in [2.75, 3.05) is 6.61 Å². The first-order valence-corrected chi connectivity index (χ1v) is 10.8. The van der Waals surface area contributed by atoms with E-state index in [1.54, 1.807) is 18.3 Å². The van der Waals surface area contributed by atoms with E-state index in [9.17, 15) is 14.7 Å². The molecule has 30 heavy (non-hydrogen) atoms. The van der Waals surface area contributed by atoms with Crippen molar-refractivity contribution in [1.29, 1.82) is 0 Å². The molecule has 7 nitrogen and oxygen atoms in total. The minimum Gasteiger partial charge on any atom is -0.461 e. The number of carbonyl (C=O) groups excluding carboxylic acids is 2. The Morgan fingerprint density at radius 3 is 2.70 bits per heavy atom. The van der Waals surface area contributed by atoms with Crippen molar-refractivity contribution in [3.63, 3.8) is 0 Å². The van der Waals surface area contributed by atoms with Crippen LogP contribution in [0.2, 0.25) is 0 Å². The van der Waals surface area contributed by atoms with Crippen LogP contribution in [0.15, 0.2) is 28.8 Å². The van der Waals surface area contributed by atoms with Gasteiger partial charge in [-0.25, -0.2) is 4.98 Å². The number of hydrogen-bond acceptors (Lipinski definition) is 6. The van der Waals surface area contributed by atoms with Gasteiger partial charge in [-0.2, -0.15) is 0 Å². The maximum atomic E-state index is 12.8. The second kappa shape index (κ2) is 7.85. The molecular weight excluding hydrogens is 402 g/mol. The highest BCUT2D eigenvalue weighted by Crippen LogP contribution is 2.48. The van der Waals surface area contributed by atoms with E-state index >= 15 is 0 Å². The van der Waals surface area contributed by atoms with E-state index in [1.165, 1.54) is 11.3 Å². The van der Waals surface area contributed by atoms with Gasteiger partial charge in [0.05, 0.1) is 17.2 Å². The first-order chi connectivity index (χ1) is 14.3. The molecule has 8 heteroatoms. The summed E-state index contributed by atoms with van der Waals surface area (Å²) in [4.78, 5) is 30.0. The van der Waals surface area contributed by atoms with Gasteiger partial charge in [0.2, 0.25) is 5.91 Å². The number of nitrogens with two attached hydrogens (primary N) is 1. The Hall–Kier alpha value is -2.71. The van der Waals surface area contributed by atoms with Crippen molar-refractivity contribution < 1.29 is 19.1 Å². The molecule has 2 heterocycles. The Balaban J connectivity index is 1.66. The molecule has 0 saturated heterocycles. The highest BCUT2D eigenvalue weighted by atomic mass is 32.1. The average Bonchev–Trinajstić information content (AvgIpc) is 3.24. The SMILES string of the molecule is Cc1ncc(C2(Cc3ccc4oc(C)c(C(=O)N[C@@H](CO)C(N)=O)c4c3)CCC2)s1. The number of amides is 2. The van der Waals surface area contributed by atoms with Crippen molar-refractivity contribution in [2.24, 2.45) is 5.73 Å². The van der Waals surface area contributed by atoms with Gasteiger partial charge in [-0.05, 0) is 50.8 Å². The zero-order valence-corrected chi connectivity index (χ0v) is 17.8. The first-order valence-electron chi connectivity index (χ1n) is 9.99. The average molecular weight is 428 g/mol.